The van der Waals surface area contributed by atoms with Crippen molar-refractivity contribution in [2.75, 3.05) is 12.4 Å². The summed E-state index contributed by atoms with van der Waals surface area (Å²) in [7, 11) is 1.52. The number of amides is 1. The van der Waals surface area contributed by atoms with Crippen molar-refractivity contribution in [1.82, 2.24) is 0 Å². The fraction of sp³-hybridized carbons (Fsp3) is 0.364. The number of nitrogens with two attached hydrogens (primary N) is 1. The van der Waals surface area contributed by atoms with Crippen LogP contribution in [0.25, 0.3) is 0 Å². The Labute approximate surface area is 99.7 Å². The highest BCUT2D eigenvalue weighted by Gasteiger charge is 2.07. The van der Waals surface area contributed by atoms with E-state index in [-0.39, 0.29) is 18.4 Å². The number of anilines is 1. The molecule has 1 aromatic rings. The molecule has 0 fully saturated rings. The Hall–Kier alpha value is -1.26. The number of halogens is 1. The van der Waals surface area contributed by atoms with E-state index < -0.39 is 0 Å². The van der Waals surface area contributed by atoms with E-state index >= 15 is 0 Å². The van der Waals surface area contributed by atoms with Crippen LogP contribution in [0.1, 0.15) is 13.3 Å². The van der Waals surface area contributed by atoms with Crippen molar-refractivity contribution in [2.45, 2.75) is 19.4 Å². The topological polar surface area (TPSA) is 64.3 Å². The van der Waals surface area contributed by atoms with Crippen LogP contribution in [-0.4, -0.2) is 19.1 Å². The van der Waals surface area contributed by atoms with E-state index in [9.17, 15) is 4.79 Å². The molecule has 0 aliphatic carbocycles. The zero-order valence-corrected chi connectivity index (χ0v) is 10.0. The van der Waals surface area contributed by atoms with Gasteiger partial charge in [-0.05, 0) is 19.1 Å². The molecular formula is C11H15ClN2O2. The molecule has 1 aromatic carbocycles. The SMILES string of the molecule is COc1cc(NC(=O)CC(C)N)ccc1Cl. The van der Waals surface area contributed by atoms with Gasteiger partial charge >= 0.3 is 0 Å². The maximum Gasteiger partial charge on any atom is 0.225 e. The fourth-order valence-electron chi connectivity index (χ4n) is 1.24. The molecule has 3 N–H and O–H groups in total. The van der Waals surface area contributed by atoms with Gasteiger partial charge in [0.05, 0.1) is 12.1 Å². The lowest BCUT2D eigenvalue weighted by molar-refractivity contribution is -0.116. The average Bonchev–Trinajstić information content (AvgIpc) is 2.19. The van der Waals surface area contributed by atoms with Gasteiger partial charge in [0, 0.05) is 24.2 Å². The molecule has 0 bridgehead atoms. The van der Waals surface area contributed by atoms with Crippen LogP contribution in [-0.2, 0) is 4.79 Å². The van der Waals surface area contributed by atoms with Crippen molar-refractivity contribution in [3.8, 4) is 5.75 Å². The number of nitrogens with one attached hydrogen (secondary N) is 1. The highest BCUT2D eigenvalue weighted by Crippen LogP contribution is 2.27. The number of methoxy groups -OCH3 is 1. The summed E-state index contributed by atoms with van der Waals surface area (Å²) in [5.74, 6) is 0.402. The summed E-state index contributed by atoms with van der Waals surface area (Å²) in [6.07, 6.45) is 0.283. The van der Waals surface area contributed by atoms with E-state index in [1.807, 2.05) is 0 Å². The lowest BCUT2D eigenvalue weighted by Crippen LogP contribution is -2.23. The van der Waals surface area contributed by atoms with Crippen LogP contribution < -0.4 is 15.8 Å². The van der Waals surface area contributed by atoms with Gasteiger partial charge in [0.15, 0.2) is 0 Å². The third-order valence-corrected chi connectivity index (χ3v) is 2.25. The largest absolute Gasteiger partial charge is 0.495 e. The van der Waals surface area contributed by atoms with Crippen molar-refractivity contribution in [3.63, 3.8) is 0 Å². The van der Waals surface area contributed by atoms with Gasteiger partial charge in [0.25, 0.3) is 0 Å². The Morgan fingerprint density at radius 1 is 1.62 bits per heavy atom. The summed E-state index contributed by atoms with van der Waals surface area (Å²) in [5.41, 5.74) is 6.17. The summed E-state index contributed by atoms with van der Waals surface area (Å²) < 4.78 is 5.04. The monoisotopic (exact) mass is 242 g/mol. The number of hydrogen-bond donors (Lipinski definition) is 2. The average molecular weight is 243 g/mol. The summed E-state index contributed by atoms with van der Waals surface area (Å²) in [6.45, 7) is 1.78. The highest BCUT2D eigenvalue weighted by molar-refractivity contribution is 6.32. The van der Waals surface area contributed by atoms with Crippen molar-refractivity contribution >= 4 is 23.2 Å². The molecule has 16 heavy (non-hydrogen) atoms. The molecule has 0 aliphatic rings. The van der Waals surface area contributed by atoms with Crippen LogP contribution in [0.4, 0.5) is 5.69 Å². The molecule has 0 heterocycles. The second kappa shape index (κ2) is 5.72. The minimum absolute atomic E-state index is 0.126. The molecule has 1 atom stereocenters. The standard InChI is InChI=1S/C11H15ClN2O2/c1-7(13)5-11(15)14-8-3-4-9(12)10(6-8)16-2/h3-4,6-7H,5,13H2,1-2H3,(H,14,15). The molecule has 0 spiro atoms. The first-order valence-corrected chi connectivity index (χ1v) is 5.29. The predicted molar refractivity (Wildman–Crippen MR) is 64.9 cm³/mol. The van der Waals surface area contributed by atoms with Gasteiger partial charge < -0.3 is 15.8 Å². The first-order valence-electron chi connectivity index (χ1n) is 4.92. The van der Waals surface area contributed by atoms with E-state index in [1.54, 1.807) is 25.1 Å². The first kappa shape index (κ1) is 12.8. The molecule has 1 rings (SSSR count). The molecule has 1 unspecified atom stereocenters. The molecule has 0 saturated heterocycles. The summed E-state index contributed by atoms with van der Waals surface area (Å²) in [6, 6.07) is 4.89. The Kier molecular flexibility index (Phi) is 4.58. The van der Waals surface area contributed by atoms with Gasteiger partial charge in [-0.25, -0.2) is 0 Å². The molecule has 1 amide bonds. The lowest BCUT2D eigenvalue weighted by Gasteiger charge is -2.09. The number of benzene rings is 1. The van der Waals surface area contributed by atoms with Gasteiger partial charge in [-0.1, -0.05) is 11.6 Å². The second-order valence-corrected chi connectivity index (χ2v) is 3.99. The van der Waals surface area contributed by atoms with Gasteiger partial charge in [0.1, 0.15) is 5.75 Å². The van der Waals surface area contributed by atoms with Gasteiger partial charge in [-0.3, -0.25) is 4.79 Å². The van der Waals surface area contributed by atoms with E-state index in [0.29, 0.717) is 16.5 Å². The minimum Gasteiger partial charge on any atom is -0.495 e. The zero-order chi connectivity index (χ0) is 12.1. The second-order valence-electron chi connectivity index (χ2n) is 3.58. The Bertz CT molecular complexity index is 380. The third kappa shape index (κ3) is 3.72. The fourth-order valence-corrected chi connectivity index (χ4v) is 1.44. The van der Waals surface area contributed by atoms with Crippen LogP contribution >= 0.6 is 11.6 Å². The lowest BCUT2D eigenvalue weighted by atomic mass is 10.2. The summed E-state index contributed by atoms with van der Waals surface area (Å²) in [4.78, 5) is 11.4. The Morgan fingerprint density at radius 2 is 2.31 bits per heavy atom. The quantitative estimate of drug-likeness (QED) is 0.849. The van der Waals surface area contributed by atoms with Crippen molar-refractivity contribution < 1.29 is 9.53 Å². The molecule has 0 aromatic heterocycles. The van der Waals surface area contributed by atoms with Crippen LogP contribution in [0.2, 0.25) is 5.02 Å². The molecule has 0 radical (unpaired) electrons. The van der Waals surface area contributed by atoms with E-state index in [2.05, 4.69) is 5.32 Å². The molecule has 88 valence electrons. The highest BCUT2D eigenvalue weighted by atomic mass is 35.5. The van der Waals surface area contributed by atoms with Crippen LogP contribution in [0.3, 0.4) is 0 Å². The van der Waals surface area contributed by atoms with Crippen molar-refractivity contribution in [1.29, 1.82) is 0 Å². The summed E-state index contributed by atoms with van der Waals surface area (Å²) >= 11 is 5.86. The van der Waals surface area contributed by atoms with Crippen LogP contribution in [0.5, 0.6) is 5.75 Å². The molecule has 0 aliphatic heterocycles. The number of hydrogen-bond acceptors (Lipinski definition) is 3. The summed E-state index contributed by atoms with van der Waals surface area (Å²) in [5, 5.41) is 3.22. The van der Waals surface area contributed by atoms with Crippen molar-refractivity contribution in [3.05, 3.63) is 23.2 Å². The molecule has 0 saturated carbocycles. The predicted octanol–water partition coefficient (Wildman–Crippen LogP) is 2.02. The third-order valence-electron chi connectivity index (χ3n) is 1.94. The normalized spacial score (nSPS) is 12.0. The maximum atomic E-state index is 11.4. The van der Waals surface area contributed by atoms with Crippen LogP contribution in [0, 0.1) is 0 Å². The van der Waals surface area contributed by atoms with E-state index in [4.69, 9.17) is 22.1 Å². The molecule has 5 heteroatoms. The van der Waals surface area contributed by atoms with E-state index in [1.165, 1.54) is 7.11 Å². The minimum atomic E-state index is -0.158. The van der Waals surface area contributed by atoms with Crippen LogP contribution in [0.15, 0.2) is 18.2 Å². The Morgan fingerprint density at radius 3 is 2.88 bits per heavy atom. The maximum absolute atomic E-state index is 11.4. The number of ether oxygens (including phenoxy) is 1. The number of carbonyl (C=O) groups is 1. The smallest absolute Gasteiger partial charge is 0.225 e. The first-order chi connectivity index (χ1) is 7.52. The number of rotatable bonds is 4. The molecule has 4 nitrogen and oxygen atoms in total. The van der Waals surface area contributed by atoms with Gasteiger partial charge in [-0.15, -0.1) is 0 Å². The number of carbonyl (C=O) groups excluding carboxylic acids is 1. The van der Waals surface area contributed by atoms with E-state index in [0.717, 1.165) is 0 Å². The van der Waals surface area contributed by atoms with Crippen molar-refractivity contribution in [2.24, 2.45) is 5.73 Å². The Balaban J connectivity index is 2.71. The van der Waals surface area contributed by atoms with Gasteiger partial charge in [0.2, 0.25) is 5.91 Å². The van der Waals surface area contributed by atoms with Gasteiger partial charge in [-0.2, -0.15) is 0 Å². The molecular weight excluding hydrogens is 228 g/mol. The zero-order valence-electron chi connectivity index (χ0n) is 9.29.